The maximum atomic E-state index is 13.1. The summed E-state index contributed by atoms with van der Waals surface area (Å²) in [6.07, 6.45) is 1.97. The highest BCUT2D eigenvalue weighted by Gasteiger charge is 2.38. The number of methoxy groups -OCH3 is 1. The molecule has 1 aliphatic heterocycles. The van der Waals surface area contributed by atoms with E-state index in [9.17, 15) is 14.7 Å². The fourth-order valence-corrected chi connectivity index (χ4v) is 4.28. The van der Waals surface area contributed by atoms with Gasteiger partial charge in [0.25, 0.3) is 5.56 Å². The average molecular weight is 448 g/mol. The second kappa shape index (κ2) is 8.55. The van der Waals surface area contributed by atoms with E-state index in [0.717, 1.165) is 19.3 Å². The third-order valence-electron chi connectivity index (χ3n) is 5.63. The Balaban J connectivity index is 1.88. The zero-order valence-electron chi connectivity index (χ0n) is 17.8. The minimum absolute atomic E-state index is 0.0111. The summed E-state index contributed by atoms with van der Waals surface area (Å²) < 4.78 is 18.8. The van der Waals surface area contributed by atoms with Crippen molar-refractivity contribution in [3.63, 3.8) is 0 Å². The number of rotatable bonds is 8. The van der Waals surface area contributed by atoms with Crippen LogP contribution in [0.1, 0.15) is 61.2 Å². The number of ether oxygens (including phenoxy) is 3. The third kappa shape index (κ3) is 3.92. The van der Waals surface area contributed by atoms with Gasteiger partial charge in [-0.15, -0.1) is 0 Å². The Morgan fingerprint density at radius 3 is 2.68 bits per heavy atom. The van der Waals surface area contributed by atoms with E-state index in [4.69, 9.17) is 25.8 Å². The van der Waals surface area contributed by atoms with Gasteiger partial charge in [-0.3, -0.25) is 4.79 Å². The molecule has 2 aromatic rings. The van der Waals surface area contributed by atoms with Gasteiger partial charge in [0.1, 0.15) is 22.4 Å². The maximum absolute atomic E-state index is 13.1. The Morgan fingerprint density at radius 1 is 1.32 bits per heavy atom. The van der Waals surface area contributed by atoms with Crippen molar-refractivity contribution in [1.82, 2.24) is 4.57 Å². The lowest BCUT2D eigenvalue weighted by molar-refractivity contribution is 0.0693. The van der Waals surface area contributed by atoms with E-state index < -0.39 is 17.6 Å². The first kappa shape index (κ1) is 21.7. The minimum atomic E-state index is -1.23. The molecule has 4 rings (SSSR count). The summed E-state index contributed by atoms with van der Waals surface area (Å²) in [6.45, 7) is 5.02. The van der Waals surface area contributed by atoms with Gasteiger partial charge in [0, 0.05) is 37.3 Å². The van der Waals surface area contributed by atoms with Gasteiger partial charge in [0.15, 0.2) is 5.75 Å². The Morgan fingerprint density at radius 2 is 2.06 bits per heavy atom. The minimum Gasteiger partial charge on any atom is -0.492 e. The Kier molecular flexibility index (Phi) is 5.99. The molecule has 1 fully saturated rings. The molecule has 8 heteroatoms. The SMILES string of the molecule is COCCCOc1ccc2c(c1Cl)OC(C(C)C)c1cc(C(=O)O)c(=O)n(C3CC3)c1-2. The lowest BCUT2D eigenvalue weighted by Gasteiger charge is -2.34. The van der Waals surface area contributed by atoms with Crippen LogP contribution >= 0.6 is 11.6 Å². The van der Waals surface area contributed by atoms with Gasteiger partial charge in [-0.1, -0.05) is 25.4 Å². The number of carboxylic acids is 1. The Hall–Kier alpha value is -2.51. The van der Waals surface area contributed by atoms with Crippen LogP contribution in [0.2, 0.25) is 5.02 Å². The molecular weight excluding hydrogens is 422 g/mol. The molecule has 1 aromatic heterocycles. The number of carbonyl (C=O) groups is 1. The molecule has 31 heavy (non-hydrogen) atoms. The van der Waals surface area contributed by atoms with Crippen molar-refractivity contribution in [2.24, 2.45) is 5.92 Å². The highest BCUT2D eigenvalue weighted by atomic mass is 35.5. The van der Waals surface area contributed by atoms with Crippen molar-refractivity contribution in [2.75, 3.05) is 20.3 Å². The van der Waals surface area contributed by atoms with Gasteiger partial charge in [-0.2, -0.15) is 0 Å². The van der Waals surface area contributed by atoms with Crippen molar-refractivity contribution < 1.29 is 24.1 Å². The van der Waals surface area contributed by atoms with E-state index in [2.05, 4.69) is 0 Å². The first-order valence-corrected chi connectivity index (χ1v) is 10.9. The van der Waals surface area contributed by atoms with Crippen LogP contribution in [-0.2, 0) is 4.74 Å². The molecule has 0 spiro atoms. The standard InChI is InChI=1S/C23H26ClNO6/c1-12(2)20-15-11-16(23(27)28)22(26)25(13-5-6-13)19(15)14-7-8-17(18(24)21(14)31-20)30-10-4-9-29-3/h7-8,11-13,20H,4-6,9-10H2,1-3H3,(H,27,28). The van der Waals surface area contributed by atoms with Crippen LogP contribution in [0.4, 0.5) is 0 Å². The van der Waals surface area contributed by atoms with Gasteiger partial charge >= 0.3 is 5.97 Å². The number of aromatic carboxylic acids is 1. The summed E-state index contributed by atoms with van der Waals surface area (Å²) in [4.78, 5) is 24.8. The van der Waals surface area contributed by atoms with Gasteiger partial charge in [-0.25, -0.2) is 4.79 Å². The smallest absolute Gasteiger partial charge is 0.341 e. The number of nitrogens with zero attached hydrogens (tertiary/aromatic N) is 1. The van der Waals surface area contributed by atoms with Gasteiger partial charge < -0.3 is 23.9 Å². The van der Waals surface area contributed by atoms with Gasteiger partial charge in [-0.05, 0) is 37.0 Å². The third-order valence-corrected chi connectivity index (χ3v) is 5.99. The normalized spacial score (nSPS) is 17.1. The summed E-state index contributed by atoms with van der Waals surface area (Å²) in [5, 5.41) is 9.96. The number of carboxylic acid groups (broad SMARTS) is 1. The van der Waals surface area contributed by atoms with Crippen LogP contribution in [-0.4, -0.2) is 36.0 Å². The fourth-order valence-electron chi connectivity index (χ4n) is 4.01. The summed E-state index contributed by atoms with van der Waals surface area (Å²) in [7, 11) is 1.64. The number of hydrogen-bond donors (Lipinski definition) is 1. The van der Waals surface area contributed by atoms with Crippen molar-refractivity contribution in [3.05, 3.63) is 44.7 Å². The zero-order valence-corrected chi connectivity index (χ0v) is 18.6. The predicted molar refractivity (Wildman–Crippen MR) is 117 cm³/mol. The Bertz CT molecular complexity index is 1070. The fraction of sp³-hybridized carbons (Fsp3) is 0.478. The summed E-state index contributed by atoms with van der Waals surface area (Å²) >= 11 is 6.68. The molecule has 1 N–H and O–H groups in total. The van der Waals surface area contributed by atoms with Crippen LogP contribution in [0.5, 0.6) is 11.5 Å². The number of hydrogen-bond acceptors (Lipinski definition) is 5. The van der Waals surface area contributed by atoms with E-state index in [1.54, 1.807) is 17.7 Å². The lowest BCUT2D eigenvalue weighted by Crippen LogP contribution is -2.32. The molecule has 1 saturated carbocycles. The monoisotopic (exact) mass is 447 g/mol. The number of fused-ring (bicyclic) bond motifs is 3. The number of halogens is 1. The molecule has 1 atom stereocenters. The van der Waals surface area contributed by atoms with Crippen LogP contribution < -0.4 is 15.0 Å². The van der Waals surface area contributed by atoms with E-state index in [1.807, 2.05) is 19.9 Å². The van der Waals surface area contributed by atoms with E-state index in [0.29, 0.717) is 46.6 Å². The highest BCUT2D eigenvalue weighted by molar-refractivity contribution is 6.34. The largest absolute Gasteiger partial charge is 0.492 e. The van der Waals surface area contributed by atoms with E-state index in [1.165, 1.54) is 6.07 Å². The van der Waals surface area contributed by atoms with E-state index >= 15 is 0 Å². The molecule has 2 heterocycles. The summed E-state index contributed by atoms with van der Waals surface area (Å²) in [6, 6.07) is 5.06. The maximum Gasteiger partial charge on any atom is 0.341 e. The van der Waals surface area contributed by atoms with E-state index in [-0.39, 0.29) is 17.5 Å². The molecule has 7 nitrogen and oxygen atoms in total. The quantitative estimate of drug-likeness (QED) is 0.590. The van der Waals surface area contributed by atoms with Crippen LogP contribution in [0.25, 0.3) is 11.3 Å². The Labute approximate surface area is 185 Å². The highest BCUT2D eigenvalue weighted by Crippen LogP contribution is 2.52. The lowest BCUT2D eigenvalue weighted by atomic mass is 9.90. The topological polar surface area (TPSA) is 87.0 Å². The van der Waals surface area contributed by atoms with Crippen molar-refractivity contribution in [1.29, 1.82) is 0 Å². The summed E-state index contributed by atoms with van der Waals surface area (Å²) in [5.41, 5.74) is 1.37. The molecule has 166 valence electrons. The van der Waals surface area contributed by atoms with Crippen LogP contribution in [0, 0.1) is 5.92 Å². The summed E-state index contributed by atoms with van der Waals surface area (Å²) in [5.74, 6) is -0.228. The number of aromatic nitrogens is 1. The molecule has 0 saturated heterocycles. The first-order valence-electron chi connectivity index (χ1n) is 10.5. The molecule has 2 aliphatic rings. The van der Waals surface area contributed by atoms with Gasteiger partial charge in [0.05, 0.1) is 12.3 Å². The zero-order chi connectivity index (χ0) is 22.3. The average Bonchev–Trinajstić information content (AvgIpc) is 3.56. The second-order valence-corrected chi connectivity index (χ2v) is 8.68. The molecule has 1 aliphatic carbocycles. The van der Waals surface area contributed by atoms with Crippen LogP contribution in [0.3, 0.4) is 0 Å². The molecule has 1 unspecified atom stereocenters. The number of pyridine rings is 1. The van der Waals surface area contributed by atoms with Crippen LogP contribution in [0.15, 0.2) is 23.0 Å². The predicted octanol–water partition coefficient (Wildman–Crippen LogP) is 4.71. The second-order valence-electron chi connectivity index (χ2n) is 8.31. The molecule has 0 amide bonds. The van der Waals surface area contributed by atoms with Crippen molar-refractivity contribution in [2.45, 2.75) is 45.3 Å². The number of benzene rings is 1. The van der Waals surface area contributed by atoms with Crippen molar-refractivity contribution in [3.8, 4) is 22.8 Å². The molecular formula is C23H26ClNO6. The molecule has 1 aromatic carbocycles. The molecule has 0 radical (unpaired) electrons. The van der Waals surface area contributed by atoms with Gasteiger partial charge in [0.2, 0.25) is 0 Å². The molecule has 0 bridgehead atoms. The first-order chi connectivity index (χ1) is 14.8. The van der Waals surface area contributed by atoms with Crippen molar-refractivity contribution >= 4 is 17.6 Å².